The van der Waals surface area contributed by atoms with Crippen LogP contribution in [0, 0.1) is 0 Å². The Balaban J connectivity index is 1.44. The topological polar surface area (TPSA) is 69.0 Å². The number of benzene rings is 3. The highest BCUT2D eigenvalue weighted by Gasteiger charge is 2.31. The molecule has 0 bridgehead atoms. The molecule has 0 unspecified atom stereocenters. The van der Waals surface area contributed by atoms with Gasteiger partial charge in [0.25, 0.3) is 0 Å². The molecule has 0 spiro atoms. The van der Waals surface area contributed by atoms with Gasteiger partial charge >= 0.3 is 6.36 Å². The van der Waals surface area contributed by atoms with Gasteiger partial charge in [-0.3, -0.25) is 4.79 Å². The van der Waals surface area contributed by atoms with Crippen molar-refractivity contribution in [1.82, 2.24) is 14.8 Å². The largest absolute Gasteiger partial charge is 0.573 e. The van der Waals surface area contributed by atoms with Crippen LogP contribution in [0.1, 0.15) is 17.0 Å². The molecule has 0 aliphatic rings. The van der Waals surface area contributed by atoms with Gasteiger partial charge in [-0.2, -0.15) is 0 Å². The van der Waals surface area contributed by atoms with Crippen LogP contribution in [0.25, 0.3) is 0 Å². The van der Waals surface area contributed by atoms with Crippen molar-refractivity contribution in [2.45, 2.75) is 24.5 Å². The summed E-state index contributed by atoms with van der Waals surface area (Å²) in [7, 11) is 0. The molecule has 1 N–H and O–H groups in total. The highest BCUT2D eigenvalue weighted by atomic mass is 35.5. The van der Waals surface area contributed by atoms with E-state index in [0.717, 1.165) is 29.1 Å². The van der Waals surface area contributed by atoms with Gasteiger partial charge in [0.1, 0.15) is 11.6 Å². The smallest absolute Gasteiger partial charge is 0.406 e. The normalized spacial score (nSPS) is 11.3. The molecule has 0 fully saturated rings. The van der Waals surface area contributed by atoms with Crippen LogP contribution < -0.4 is 10.1 Å². The predicted molar refractivity (Wildman–Crippen MR) is 132 cm³/mol. The summed E-state index contributed by atoms with van der Waals surface area (Å²) in [5.41, 5.74) is 2.43. The number of ether oxygens (including phenoxy) is 1. The third kappa shape index (κ3) is 7.50. The predicted octanol–water partition coefficient (Wildman–Crippen LogP) is 6.20. The van der Waals surface area contributed by atoms with Gasteiger partial charge in [-0.25, -0.2) is 0 Å². The molecule has 0 radical (unpaired) electrons. The summed E-state index contributed by atoms with van der Waals surface area (Å²) >= 11 is 7.23. The minimum Gasteiger partial charge on any atom is -0.406 e. The van der Waals surface area contributed by atoms with Crippen LogP contribution in [0.3, 0.4) is 0 Å². The van der Waals surface area contributed by atoms with Gasteiger partial charge in [-0.05, 0) is 47.5 Å². The van der Waals surface area contributed by atoms with Crippen LogP contribution in [0.15, 0.2) is 84.0 Å². The molecule has 1 heterocycles. The average Bonchev–Trinajstić information content (AvgIpc) is 3.21. The molecule has 4 rings (SSSR count). The molecule has 11 heteroatoms. The Kier molecular flexibility index (Phi) is 8.17. The lowest BCUT2D eigenvalue weighted by Crippen LogP contribution is -2.17. The van der Waals surface area contributed by atoms with Crippen molar-refractivity contribution in [3.8, 4) is 5.75 Å². The fourth-order valence-electron chi connectivity index (χ4n) is 3.33. The van der Waals surface area contributed by atoms with E-state index in [0.29, 0.717) is 28.8 Å². The van der Waals surface area contributed by atoms with Crippen molar-refractivity contribution in [3.05, 3.63) is 101 Å². The van der Waals surface area contributed by atoms with Gasteiger partial charge in [-0.1, -0.05) is 65.8 Å². The van der Waals surface area contributed by atoms with E-state index < -0.39 is 6.36 Å². The van der Waals surface area contributed by atoms with E-state index >= 15 is 0 Å². The van der Waals surface area contributed by atoms with Gasteiger partial charge in [-0.15, -0.1) is 23.4 Å². The fraction of sp³-hybridized carbons (Fsp3) is 0.160. The number of nitrogens with one attached hydrogen (secondary N) is 1. The molecular weight excluding hydrogens is 513 g/mol. The molecule has 1 aromatic heterocycles. The summed E-state index contributed by atoms with van der Waals surface area (Å²) in [6.07, 6.45) is -4.21. The van der Waals surface area contributed by atoms with Gasteiger partial charge in [0, 0.05) is 17.1 Å². The Labute approximate surface area is 214 Å². The highest BCUT2D eigenvalue weighted by molar-refractivity contribution is 7.99. The van der Waals surface area contributed by atoms with E-state index in [-0.39, 0.29) is 17.4 Å². The standard InChI is InChI=1S/C25H20ClF3N4O2S/c26-19-8-6-18(7-9-19)15-33-22(14-17-4-2-1-3-5-17)31-32-24(33)36-16-23(34)30-20-10-12-21(13-11-20)35-25(27,28)29/h1-13H,14-16H2,(H,30,34). The molecule has 0 saturated carbocycles. The molecule has 1 amide bonds. The third-order valence-electron chi connectivity index (χ3n) is 4.96. The van der Waals surface area contributed by atoms with Gasteiger partial charge in [0.2, 0.25) is 5.91 Å². The van der Waals surface area contributed by atoms with Gasteiger partial charge < -0.3 is 14.6 Å². The van der Waals surface area contributed by atoms with Gasteiger partial charge in [0.05, 0.1) is 12.3 Å². The maximum absolute atomic E-state index is 12.5. The maximum Gasteiger partial charge on any atom is 0.573 e. The van der Waals surface area contributed by atoms with E-state index in [1.807, 2.05) is 59.2 Å². The van der Waals surface area contributed by atoms with E-state index in [2.05, 4.69) is 20.3 Å². The van der Waals surface area contributed by atoms with Crippen LogP contribution in [0.5, 0.6) is 5.75 Å². The first-order valence-electron chi connectivity index (χ1n) is 10.7. The lowest BCUT2D eigenvalue weighted by molar-refractivity contribution is -0.274. The van der Waals surface area contributed by atoms with Crippen LogP contribution in [0.2, 0.25) is 5.02 Å². The molecular formula is C25H20ClF3N4O2S. The number of hydrogen-bond acceptors (Lipinski definition) is 5. The van der Waals surface area contributed by atoms with E-state index in [4.69, 9.17) is 11.6 Å². The number of carbonyl (C=O) groups is 1. The monoisotopic (exact) mass is 532 g/mol. The number of nitrogens with zero attached hydrogens (tertiary/aromatic N) is 3. The molecule has 36 heavy (non-hydrogen) atoms. The van der Waals surface area contributed by atoms with Crippen LogP contribution in [0.4, 0.5) is 18.9 Å². The van der Waals surface area contributed by atoms with Crippen molar-refractivity contribution >= 4 is 35.0 Å². The summed E-state index contributed by atoms with van der Waals surface area (Å²) in [5, 5.41) is 12.5. The summed E-state index contributed by atoms with van der Waals surface area (Å²) in [5.74, 6) is 0.0795. The number of anilines is 1. The molecule has 0 saturated heterocycles. The summed E-state index contributed by atoms with van der Waals surface area (Å²) in [4.78, 5) is 12.5. The maximum atomic E-state index is 12.5. The second kappa shape index (κ2) is 11.5. The van der Waals surface area contributed by atoms with Crippen LogP contribution >= 0.6 is 23.4 Å². The molecule has 4 aromatic rings. The first-order chi connectivity index (χ1) is 17.2. The fourth-order valence-corrected chi connectivity index (χ4v) is 4.22. The Morgan fingerprint density at radius 2 is 1.64 bits per heavy atom. The Morgan fingerprint density at radius 1 is 0.944 bits per heavy atom. The quantitative estimate of drug-likeness (QED) is 0.260. The SMILES string of the molecule is O=C(CSc1nnc(Cc2ccccc2)n1Cc1ccc(Cl)cc1)Nc1ccc(OC(F)(F)F)cc1. The third-order valence-corrected chi connectivity index (χ3v) is 6.18. The first kappa shape index (κ1) is 25.6. The second-order valence-corrected chi connectivity index (χ2v) is 9.06. The molecule has 3 aromatic carbocycles. The minimum atomic E-state index is -4.78. The lowest BCUT2D eigenvalue weighted by atomic mass is 10.1. The van der Waals surface area contributed by atoms with Crippen LogP contribution in [-0.4, -0.2) is 32.8 Å². The zero-order chi connectivity index (χ0) is 25.5. The number of hydrogen-bond donors (Lipinski definition) is 1. The van der Waals surface area contributed by atoms with Crippen LogP contribution in [-0.2, 0) is 17.8 Å². The lowest BCUT2D eigenvalue weighted by Gasteiger charge is -2.11. The number of alkyl halides is 3. The first-order valence-corrected chi connectivity index (χ1v) is 12.1. The number of halogens is 4. The molecule has 0 atom stereocenters. The number of rotatable bonds is 9. The summed E-state index contributed by atoms with van der Waals surface area (Å²) < 4.78 is 42.7. The van der Waals surface area contributed by atoms with Crippen molar-refractivity contribution < 1.29 is 22.7 Å². The highest BCUT2D eigenvalue weighted by Crippen LogP contribution is 2.25. The number of aromatic nitrogens is 3. The van der Waals surface area contributed by atoms with Crippen molar-refractivity contribution in [1.29, 1.82) is 0 Å². The van der Waals surface area contributed by atoms with E-state index in [9.17, 15) is 18.0 Å². The Bertz CT molecular complexity index is 1300. The molecule has 0 aliphatic carbocycles. The van der Waals surface area contributed by atoms with Crippen molar-refractivity contribution in [3.63, 3.8) is 0 Å². The Hall–Kier alpha value is -3.50. The summed E-state index contributed by atoms with van der Waals surface area (Å²) in [6.45, 7) is 0.497. The number of thioether (sulfide) groups is 1. The van der Waals surface area contributed by atoms with Gasteiger partial charge in [0.15, 0.2) is 5.16 Å². The molecule has 6 nitrogen and oxygen atoms in total. The number of carbonyl (C=O) groups excluding carboxylic acids is 1. The van der Waals surface area contributed by atoms with Crippen molar-refractivity contribution in [2.75, 3.05) is 11.1 Å². The van der Waals surface area contributed by atoms with Crippen molar-refractivity contribution in [2.24, 2.45) is 0 Å². The number of amides is 1. The molecule has 186 valence electrons. The average molecular weight is 533 g/mol. The molecule has 0 aliphatic heterocycles. The zero-order valence-corrected chi connectivity index (χ0v) is 20.3. The minimum absolute atomic E-state index is 0.0326. The Morgan fingerprint density at radius 3 is 2.31 bits per heavy atom. The summed E-state index contributed by atoms with van der Waals surface area (Å²) in [6, 6.07) is 22.3. The van der Waals surface area contributed by atoms with E-state index in [1.54, 1.807) is 0 Å². The van der Waals surface area contributed by atoms with E-state index in [1.165, 1.54) is 23.9 Å². The zero-order valence-electron chi connectivity index (χ0n) is 18.7. The second-order valence-electron chi connectivity index (χ2n) is 7.68.